The lowest BCUT2D eigenvalue weighted by atomic mass is 9.96. The Hall–Kier alpha value is -1.62. The van der Waals surface area contributed by atoms with Crippen molar-refractivity contribution in [3.63, 3.8) is 0 Å². The van der Waals surface area contributed by atoms with E-state index in [9.17, 15) is 9.59 Å². The summed E-state index contributed by atoms with van der Waals surface area (Å²) < 4.78 is 0. The molecule has 1 saturated heterocycles. The van der Waals surface area contributed by atoms with Gasteiger partial charge in [0.15, 0.2) is 0 Å². The van der Waals surface area contributed by atoms with E-state index in [1.807, 2.05) is 6.92 Å². The van der Waals surface area contributed by atoms with Crippen LogP contribution in [0.3, 0.4) is 0 Å². The Labute approximate surface area is 116 Å². The van der Waals surface area contributed by atoms with Crippen LogP contribution < -0.4 is 5.73 Å². The highest BCUT2D eigenvalue weighted by Crippen LogP contribution is 2.22. The molecule has 0 aliphatic carbocycles. The highest BCUT2D eigenvalue weighted by molar-refractivity contribution is 6.33. The van der Waals surface area contributed by atoms with E-state index in [1.165, 1.54) is 6.20 Å². The summed E-state index contributed by atoms with van der Waals surface area (Å²) in [5, 5.41) is 0.412. The molecule has 0 saturated carbocycles. The quantitative estimate of drug-likeness (QED) is 0.890. The zero-order valence-corrected chi connectivity index (χ0v) is 11.5. The van der Waals surface area contributed by atoms with Crippen molar-refractivity contribution in [2.45, 2.75) is 19.8 Å². The predicted molar refractivity (Wildman–Crippen MR) is 71.8 cm³/mol. The standard InChI is InChI=1S/C13H16ClN3O2/c1-8-6-11(14)10(7-16-8)13(19)17-4-2-9(3-5-17)12(15)18/h6-7,9H,2-5H2,1H3,(H2,15,18). The van der Waals surface area contributed by atoms with Crippen molar-refractivity contribution in [1.29, 1.82) is 0 Å². The molecular weight excluding hydrogens is 266 g/mol. The van der Waals surface area contributed by atoms with Gasteiger partial charge < -0.3 is 10.6 Å². The number of primary amides is 1. The van der Waals surface area contributed by atoms with Crippen LogP contribution in [0.15, 0.2) is 12.3 Å². The first-order valence-electron chi connectivity index (χ1n) is 6.19. The first-order valence-corrected chi connectivity index (χ1v) is 6.57. The lowest BCUT2D eigenvalue weighted by Gasteiger charge is -2.30. The molecule has 0 radical (unpaired) electrons. The summed E-state index contributed by atoms with van der Waals surface area (Å²) in [4.78, 5) is 29.2. The summed E-state index contributed by atoms with van der Waals surface area (Å²) >= 11 is 6.06. The van der Waals surface area contributed by atoms with E-state index in [4.69, 9.17) is 17.3 Å². The molecule has 19 heavy (non-hydrogen) atoms. The highest BCUT2D eigenvalue weighted by atomic mass is 35.5. The molecule has 0 atom stereocenters. The molecule has 5 nitrogen and oxygen atoms in total. The molecule has 0 spiro atoms. The van der Waals surface area contributed by atoms with Gasteiger partial charge in [0.25, 0.3) is 5.91 Å². The molecule has 6 heteroatoms. The number of pyridine rings is 1. The van der Waals surface area contributed by atoms with E-state index in [1.54, 1.807) is 11.0 Å². The first-order chi connectivity index (χ1) is 8.99. The number of aromatic nitrogens is 1. The number of nitrogens with two attached hydrogens (primary N) is 1. The van der Waals surface area contributed by atoms with Crippen molar-refractivity contribution >= 4 is 23.4 Å². The molecule has 1 aliphatic heterocycles. The SMILES string of the molecule is Cc1cc(Cl)c(C(=O)N2CCC(C(N)=O)CC2)cn1. The van der Waals surface area contributed by atoms with E-state index in [0.29, 0.717) is 36.5 Å². The summed E-state index contributed by atoms with van der Waals surface area (Å²) in [7, 11) is 0. The van der Waals surface area contributed by atoms with E-state index in [2.05, 4.69) is 4.98 Å². The Bertz CT molecular complexity index is 511. The van der Waals surface area contributed by atoms with Gasteiger partial charge in [0.2, 0.25) is 5.91 Å². The minimum Gasteiger partial charge on any atom is -0.369 e. The van der Waals surface area contributed by atoms with Crippen LogP contribution in [0.4, 0.5) is 0 Å². The number of rotatable bonds is 2. The van der Waals surface area contributed by atoms with Gasteiger partial charge in [-0.1, -0.05) is 11.6 Å². The van der Waals surface area contributed by atoms with Crippen LogP contribution in [-0.2, 0) is 4.79 Å². The number of nitrogens with zero attached hydrogens (tertiary/aromatic N) is 2. The molecule has 0 aromatic carbocycles. The summed E-state index contributed by atoms with van der Waals surface area (Å²) in [6.07, 6.45) is 2.72. The molecule has 1 aromatic heterocycles. The Morgan fingerprint density at radius 1 is 1.42 bits per heavy atom. The second kappa shape index (κ2) is 5.57. The monoisotopic (exact) mass is 281 g/mol. The molecule has 1 fully saturated rings. The largest absolute Gasteiger partial charge is 0.369 e. The van der Waals surface area contributed by atoms with Crippen LogP contribution in [-0.4, -0.2) is 34.8 Å². The van der Waals surface area contributed by atoms with Crippen LogP contribution in [0.2, 0.25) is 5.02 Å². The molecule has 2 N–H and O–H groups in total. The first kappa shape index (κ1) is 13.8. The van der Waals surface area contributed by atoms with Crippen LogP contribution in [0, 0.1) is 12.8 Å². The zero-order chi connectivity index (χ0) is 14.0. The van der Waals surface area contributed by atoms with Crippen LogP contribution in [0.25, 0.3) is 0 Å². The van der Waals surface area contributed by atoms with Crippen molar-refractivity contribution in [3.05, 3.63) is 28.5 Å². The number of piperidine rings is 1. The van der Waals surface area contributed by atoms with Crippen molar-refractivity contribution in [1.82, 2.24) is 9.88 Å². The lowest BCUT2D eigenvalue weighted by Crippen LogP contribution is -2.41. The highest BCUT2D eigenvalue weighted by Gasteiger charge is 2.27. The Kier molecular flexibility index (Phi) is 4.04. The summed E-state index contributed by atoms with van der Waals surface area (Å²) in [5.74, 6) is -0.557. The van der Waals surface area contributed by atoms with Gasteiger partial charge in [-0.2, -0.15) is 0 Å². The molecule has 2 heterocycles. The van der Waals surface area contributed by atoms with Gasteiger partial charge in [0.1, 0.15) is 0 Å². The molecule has 2 rings (SSSR count). The average Bonchev–Trinajstić information content (AvgIpc) is 2.38. The lowest BCUT2D eigenvalue weighted by molar-refractivity contribution is -0.123. The number of likely N-dealkylation sites (tertiary alicyclic amines) is 1. The predicted octanol–water partition coefficient (Wildman–Crippen LogP) is 1.38. The molecule has 1 aromatic rings. The van der Waals surface area contributed by atoms with Crippen LogP contribution >= 0.6 is 11.6 Å². The molecule has 102 valence electrons. The van der Waals surface area contributed by atoms with Gasteiger partial charge >= 0.3 is 0 Å². The van der Waals surface area contributed by atoms with Crippen LogP contribution in [0.5, 0.6) is 0 Å². The van der Waals surface area contributed by atoms with Gasteiger partial charge in [-0.05, 0) is 25.8 Å². The molecule has 2 amide bonds. The topological polar surface area (TPSA) is 76.3 Å². The van der Waals surface area contributed by atoms with E-state index in [0.717, 1.165) is 5.69 Å². The van der Waals surface area contributed by atoms with E-state index < -0.39 is 0 Å². The number of aryl methyl sites for hydroxylation is 1. The third-order valence-corrected chi connectivity index (χ3v) is 3.72. The number of hydrogen-bond acceptors (Lipinski definition) is 3. The maximum atomic E-state index is 12.3. The fourth-order valence-corrected chi connectivity index (χ4v) is 2.51. The molecular formula is C13H16ClN3O2. The third kappa shape index (κ3) is 3.04. The Balaban J connectivity index is 2.07. The number of amides is 2. The van der Waals surface area contributed by atoms with Crippen molar-refractivity contribution in [2.24, 2.45) is 11.7 Å². The van der Waals surface area contributed by atoms with Crippen LogP contribution in [0.1, 0.15) is 28.9 Å². The normalized spacial score (nSPS) is 16.4. The van der Waals surface area contributed by atoms with Gasteiger partial charge in [0.05, 0.1) is 10.6 Å². The fourth-order valence-electron chi connectivity index (χ4n) is 2.22. The average molecular weight is 282 g/mol. The molecule has 1 aliphatic rings. The maximum absolute atomic E-state index is 12.3. The summed E-state index contributed by atoms with van der Waals surface area (Å²) in [6, 6.07) is 1.67. The minimum atomic E-state index is -0.290. The van der Waals surface area contributed by atoms with E-state index >= 15 is 0 Å². The molecule has 0 bridgehead atoms. The number of carbonyl (C=O) groups is 2. The van der Waals surface area contributed by atoms with Crippen molar-refractivity contribution in [3.8, 4) is 0 Å². The van der Waals surface area contributed by atoms with Crippen molar-refractivity contribution in [2.75, 3.05) is 13.1 Å². The minimum absolute atomic E-state index is 0.129. The smallest absolute Gasteiger partial charge is 0.256 e. The Morgan fingerprint density at radius 2 is 2.05 bits per heavy atom. The maximum Gasteiger partial charge on any atom is 0.256 e. The van der Waals surface area contributed by atoms with Gasteiger partial charge in [0, 0.05) is 30.9 Å². The molecule has 0 unspecified atom stereocenters. The van der Waals surface area contributed by atoms with Gasteiger partial charge in [-0.3, -0.25) is 14.6 Å². The van der Waals surface area contributed by atoms with Crippen molar-refractivity contribution < 1.29 is 9.59 Å². The van der Waals surface area contributed by atoms with Gasteiger partial charge in [-0.15, -0.1) is 0 Å². The third-order valence-electron chi connectivity index (χ3n) is 3.41. The second-order valence-electron chi connectivity index (χ2n) is 4.77. The van der Waals surface area contributed by atoms with Gasteiger partial charge in [-0.25, -0.2) is 0 Å². The number of carbonyl (C=O) groups excluding carboxylic acids is 2. The second-order valence-corrected chi connectivity index (χ2v) is 5.18. The number of halogens is 1. The fraction of sp³-hybridized carbons (Fsp3) is 0.462. The number of hydrogen-bond donors (Lipinski definition) is 1. The van der Waals surface area contributed by atoms with E-state index in [-0.39, 0.29) is 17.7 Å². The Morgan fingerprint density at radius 3 is 2.58 bits per heavy atom. The summed E-state index contributed by atoms with van der Waals surface area (Å²) in [5.41, 5.74) is 6.45. The summed E-state index contributed by atoms with van der Waals surface area (Å²) in [6.45, 7) is 2.87. The zero-order valence-electron chi connectivity index (χ0n) is 10.7.